The van der Waals surface area contributed by atoms with Crippen molar-refractivity contribution in [2.24, 2.45) is 0 Å². The Hall–Kier alpha value is -1.02. The molecule has 1 unspecified atom stereocenters. The van der Waals surface area contributed by atoms with Crippen LogP contribution in [-0.2, 0) is 6.42 Å². The minimum Gasteiger partial charge on any atom is -0.369 e. The van der Waals surface area contributed by atoms with Crippen molar-refractivity contribution in [2.45, 2.75) is 25.7 Å². The molecule has 0 aromatic heterocycles. The monoisotopic (exact) mass is 230 g/mol. The highest BCUT2D eigenvalue weighted by Gasteiger charge is 2.20. The van der Waals surface area contributed by atoms with Crippen LogP contribution in [0.4, 0.5) is 5.69 Å². The van der Waals surface area contributed by atoms with Crippen LogP contribution in [0.1, 0.15) is 30.4 Å². The minimum atomic E-state index is 0.770. The summed E-state index contributed by atoms with van der Waals surface area (Å²) in [5.41, 5.74) is 4.61. The maximum Gasteiger partial charge on any atom is 0.0370 e. The third-order valence-corrected chi connectivity index (χ3v) is 4.37. The van der Waals surface area contributed by atoms with E-state index < -0.39 is 0 Å². The highest BCUT2D eigenvalue weighted by molar-refractivity contribution is 5.53. The summed E-state index contributed by atoms with van der Waals surface area (Å²) in [7, 11) is 2.21. The van der Waals surface area contributed by atoms with Crippen LogP contribution >= 0.6 is 0 Å². The van der Waals surface area contributed by atoms with E-state index in [2.05, 4.69) is 42.0 Å². The molecule has 1 aromatic rings. The van der Waals surface area contributed by atoms with Gasteiger partial charge in [0.2, 0.25) is 0 Å². The predicted octanol–water partition coefficient (Wildman–Crippen LogP) is 2.49. The van der Waals surface area contributed by atoms with Crippen LogP contribution in [0.5, 0.6) is 0 Å². The molecule has 2 nitrogen and oxygen atoms in total. The van der Waals surface area contributed by atoms with E-state index >= 15 is 0 Å². The molecule has 0 radical (unpaired) electrons. The molecular formula is C15H22N2. The van der Waals surface area contributed by atoms with Gasteiger partial charge >= 0.3 is 0 Å². The van der Waals surface area contributed by atoms with Crippen molar-refractivity contribution in [3.63, 3.8) is 0 Å². The first-order valence-electron chi connectivity index (χ1n) is 6.80. The van der Waals surface area contributed by atoms with E-state index in [-0.39, 0.29) is 0 Å². The molecule has 1 atom stereocenters. The van der Waals surface area contributed by atoms with Gasteiger partial charge in [0.25, 0.3) is 0 Å². The normalized spacial score (nSPS) is 25.1. The van der Waals surface area contributed by atoms with E-state index in [0.29, 0.717) is 0 Å². The summed E-state index contributed by atoms with van der Waals surface area (Å²) in [5.74, 6) is 0.770. The number of fused-ring (bicyclic) bond motifs is 1. The molecule has 0 spiro atoms. The zero-order valence-electron chi connectivity index (χ0n) is 10.9. The number of rotatable bonds is 1. The van der Waals surface area contributed by atoms with E-state index in [1.54, 1.807) is 11.1 Å². The molecule has 0 bridgehead atoms. The molecule has 1 aromatic carbocycles. The smallest absolute Gasteiger partial charge is 0.0370 e. The van der Waals surface area contributed by atoms with Gasteiger partial charge in [-0.1, -0.05) is 13.0 Å². The fourth-order valence-corrected chi connectivity index (χ4v) is 3.08. The number of aryl methyl sites for hydroxylation is 1. The summed E-state index contributed by atoms with van der Waals surface area (Å²) in [5, 5.41) is 0. The van der Waals surface area contributed by atoms with Crippen molar-refractivity contribution < 1.29 is 0 Å². The second-order valence-corrected chi connectivity index (χ2v) is 5.61. The van der Waals surface area contributed by atoms with Crippen LogP contribution in [0.2, 0.25) is 0 Å². The molecule has 0 amide bonds. The Morgan fingerprint density at radius 3 is 2.65 bits per heavy atom. The molecule has 1 aliphatic heterocycles. The van der Waals surface area contributed by atoms with Crippen molar-refractivity contribution in [1.82, 2.24) is 4.90 Å². The Morgan fingerprint density at radius 2 is 1.88 bits per heavy atom. The Balaban J connectivity index is 1.80. The topological polar surface area (TPSA) is 6.48 Å². The lowest BCUT2D eigenvalue weighted by Gasteiger charge is -2.34. The summed E-state index contributed by atoms with van der Waals surface area (Å²) >= 11 is 0. The van der Waals surface area contributed by atoms with Gasteiger partial charge in [-0.05, 0) is 49.1 Å². The van der Waals surface area contributed by atoms with Crippen molar-refractivity contribution in [3.05, 3.63) is 29.3 Å². The third-order valence-electron chi connectivity index (χ3n) is 4.37. The summed E-state index contributed by atoms with van der Waals surface area (Å²) < 4.78 is 0. The van der Waals surface area contributed by atoms with Crippen LogP contribution in [0.15, 0.2) is 18.2 Å². The summed E-state index contributed by atoms with van der Waals surface area (Å²) in [6, 6.07) is 7.12. The second-order valence-electron chi connectivity index (χ2n) is 5.61. The summed E-state index contributed by atoms with van der Waals surface area (Å²) in [6.07, 6.45) is 2.61. The van der Waals surface area contributed by atoms with Crippen molar-refractivity contribution >= 4 is 5.69 Å². The molecular weight excluding hydrogens is 208 g/mol. The number of piperazine rings is 1. The molecule has 0 N–H and O–H groups in total. The first-order chi connectivity index (χ1) is 8.24. The van der Waals surface area contributed by atoms with E-state index in [4.69, 9.17) is 0 Å². The van der Waals surface area contributed by atoms with Crippen molar-refractivity contribution in [3.8, 4) is 0 Å². The minimum absolute atomic E-state index is 0.770. The maximum atomic E-state index is 2.53. The Kier molecular flexibility index (Phi) is 2.83. The van der Waals surface area contributed by atoms with Crippen LogP contribution in [-0.4, -0.2) is 38.1 Å². The number of nitrogens with zero attached hydrogens (tertiary/aromatic N) is 2. The lowest BCUT2D eigenvalue weighted by atomic mass is 10.0. The van der Waals surface area contributed by atoms with Gasteiger partial charge in [0, 0.05) is 31.9 Å². The fraction of sp³-hybridized carbons (Fsp3) is 0.600. The van der Waals surface area contributed by atoms with E-state index in [1.165, 1.54) is 44.7 Å². The second kappa shape index (κ2) is 4.34. The van der Waals surface area contributed by atoms with Crippen molar-refractivity contribution in [1.29, 1.82) is 0 Å². The van der Waals surface area contributed by atoms with Gasteiger partial charge in [0.1, 0.15) is 0 Å². The lowest BCUT2D eigenvalue weighted by Crippen LogP contribution is -2.44. The van der Waals surface area contributed by atoms with Gasteiger partial charge in [-0.3, -0.25) is 0 Å². The molecule has 1 aliphatic carbocycles. The predicted molar refractivity (Wildman–Crippen MR) is 72.9 cm³/mol. The van der Waals surface area contributed by atoms with Gasteiger partial charge in [0.05, 0.1) is 0 Å². The number of likely N-dealkylation sites (N-methyl/N-ethyl adjacent to an activating group) is 1. The quantitative estimate of drug-likeness (QED) is 0.731. The van der Waals surface area contributed by atoms with Gasteiger partial charge in [0.15, 0.2) is 0 Å². The average Bonchev–Trinajstić information content (AvgIpc) is 2.72. The average molecular weight is 230 g/mol. The molecule has 2 heteroatoms. The molecule has 92 valence electrons. The summed E-state index contributed by atoms with van der Waals surface area (Å²) in [6.45, 7) is 7.07. The highest BCUT2D eigenvalue weighted by atomic mass is 15.2. The molecule has 0 saturated carbocycles. The van der Waals surface area contributed by atoms with Gasteiger partial charge in [-0.25, -0.2) is 0 Å². The maximum absolute atomic E-state index is 2.53. The van der Waals surface area contributed by atoms with Crippen molar-refractivity contribution in [2.75, 3.05) is 38.1 Å². The standard InChI is InChI=1S/C15H22N2/c1-12-3-4-13-11-14(5-6-15(12)13)17-9-7-16(2)8-10-17/h5-6,11-12H,3-4,7-10H2,1-2H3. The zero-order valence-corrected chi connectivity index (χ0v) is 10.9. The zero-order chi connectivity index (χ0) is 11.8. The van der Waals surface area contributed by atoms with Gasteiger partial charge in [-0.2, -0.15) is 0 Å². The highest BCUT2D eigenvalue weighted by Crippen LogP contribution is 2.34. The molecule has 1 fully saturated rings. The number of benzene rings is 1. The first kappa shape index (κ1) is 11.1. The van der Waals surface area contributed by atoms with E-state index in [9.17, 15) is 0 Å². The molecule has 1 saturated heterocycles. The molecule has 1 heterocycles. The first-order valence-corrected chi connectivity index (χ1v) is 6.80. The number of hydrogen-bond acceptors (Lipinski definition) is 2. The Labute approximate surface area is 104 Å². The molecule has 17 heavy (non-hydrogen) atoms. The van der Waals surface area contributed by atoms with E-state index in [1.807, 2.05) is 0 Å². The van der Waals surface area contributed by atoms with Crippen LogP contribution in [0, 0.1) is 0 Å². The number of hydrogen-bond donors (Lipinski definition) is 0. The number of anilines is 1. The Bertz CT molecular complexity index is 405. The fourth-order valence-electron chi connectivity index (χ4n) is 3.08. The largest absolute Gasteiger partial charge is 0.369 e. The molecule has 2 aliphatic rings. The van der Waals surface area contributed by atoms with Crippen LogP contribution < -0.4 is 4.90 Å². The van der Waals surface area contributed by atoms with Gasteiger partial charge in [-0.15, -0.1) is 0 Å². The van der Waals surface area contributed by atoms with Gasteiger partial charge < -0.3 is 9.80 Å². The van der Waals surface area contributed by atoms with Crippen LogP contribution in [0.25, 0.3) is 0 Å². The lowest BCUT2D eigenvalue weighted by molar-refractivity contribution is 0.313. The Morgan fingerprint density at radius 1 is 1.12 bits per heavy atom. The van der Waals surface area contributed by atoms with Crippen LogP contribution in [0.3, 0.4) is 0 Å². The third kappa shape index (κ3) is 2.06. The van der Waals surface area contributed by atoms with E-state index in [0.717, 1.165) is 5.92 Å². The summed E-state index contributed by atoms with van der Waals surface area (Å²) in [4.78, 5) is 4.94. The SMILES string of the molecule is CC1CCc2cc(N3CCN(C)CC3)ccc21. The molecule has 3 rings (SSSR count).